The Kier molecular flexibility index (Phi) is 4.29. The van der Waals surface area contributed by atoms with E-state index in [1.54, 1.807) is 18.2 Å². The summed E-state index contributed by atoms with van der Waals surface area (Å²) >= 11 is 11.5. The zero-order valence-electron chi connectivity index (χ0n) is 10.0. The van der Waals surface area contributed by atoms with E-state index in [-0.39, 0.29) is 16.2 Å². The molecule has 98 valence electrons. The number of nitrogens with one attached hydrogen (secondary N) is 1. The number of hydrogen-bond acceptors (Lipinski definition) is 4. The quantitative estimate of drug-likeness (QED) is 0.884. The van der Waals surface area contributed by atoms with Crippen molar-refractivity contribution < 1.29 is 4.79 Å². The van der Waals surface area contributed by atoms with Gasteiger partial charge in [0.05, 0.1) is 0 Å². The fourth-order valence-corrected chi connectivity index (χ4v) is 1.76. The van der Waals surface area contributed by atoms with Crippen LogP contribution >= 0.6 is 23.2 Å². The third-order valence-electron chi connectivity index (χ3n) is 2.35. The Morgan fingerprint density at radius 1 is 1.21 bits per heavy atom. The fraction of sp³-hybridized carbons (Fsp3) is 0.167. The maximum Gasteiger partial charge on any atom is 0.257 e. The molecule has 7 heteroatoms. The van der Waals surface area contributed by atoms with Crippen LogP contribution < -0.4 is 5.32 Å². The molecule has 0 aliphatic heterocycles. The van der Waals surface area contributed by atoms with Gasteiger partial charge in [-0.15, -0.1) is 10.2 Å². The van der Waals surface area contributed by atoms with Crippen LogP contribution in [-0.4, -0.2) is 21.1 Å². The highest BCUT2D eigenvalue weighted by Gasteiger charge is 2.10. The van der Waals surface area contributed by atoms with Gasteiger partial charge in [0.15, 0.2) is 11.0 Å². The van der Waals surface area contributed by atoms with Crippen LogP contribution in [0.15, 0.2) is 24.3 Å². The van der Waals surface area contributed by atoms with E-state index >= 15 is 0 Å². The van der Waals surface area contributed by atoms with Crippen LogP contribution in [-0.2, 0) is 6.42 Å². The standard InChI is InChI=1S/C12H10Cl2N4O/c1-2-8-5-7(6-10(14)15-8)12(19)16-11-4-3-9(13)17-18-11/h3-6H,2H2,1H3,(H,16,18,19). The summed E-state index contributed by atoms with van der Waals surface area (Å²) in [5.41, 5.74) is 1.17. The van der Waals surface area contributed by atoms with E-state index in [0.717, 1.165) is 5.69 Å². The van der Waals surface area contributed by atoms with E-state index in [0.29, 0.717) is 17.8 Å². The summed E-state index contributed by atoms with van der Waals surface area (Å²) in [7, 11) is 0. The number of carbonyl (C=O) groups is 1. The van der Waals surface area contributed by atoms with Gasteiger partial charge in [0.1, 0.15) is 5.15 Å². The summed E-state index contributed by atoms with van der Waals surface area (Å²) in [6.45, 7) is 1.94. The second-order valence-corrected chi connectivity index (χ2v) is 4.49. The third-order valence-corrected chi connectivity index (χ3v) is 2.74. The zero-order chi connectivity index (χ0) is 13.8. The zero-order valence-corrected chi connectivity index (χ0v) is 11.5. The monoisotopic (exact) mass is 296 g/mol. The van der Waals surface area contributed by atoms with Crippen LogP contribution in [0.2, 0.25) is 10.3 Å². The van der Waals surface area contributed by atoms with Gasteiger partial charge in [-0.1, -0.05) is 30.1 Å². The predicted molar refractivity (Wildman–Crippen MR) is 73.6 cm³/mol. The summed E-state index contributed by atoms with van der Waals surface area (Å²) in [6, 6.07) is 6.29. The molecule has 0 bridgehead atoms. The molecule has 19 heavy (non-hydrogen) atoms. The number of anilines is 1. The number of hydrogen-bond donors (Lipinski definition) is 1. The van der Waals surface area contributed by atoms with E-state index in [2.05, 4.69) is 20.5 Å². The molecular formula is C12H10Cl2N4O. The summed E-state index contributed by atoms with van der Waals surface area (Å²) in [6.07, 6.45) is 0.696. The average molecular weight is 297 g/mol. The Morgan fingerprint density at radius 3 is 2.63 bits per heavy atom. The first kappa shape index (κ1) is 13.7. The maximum absolute atomic E-state index is 12.0. The number of carbonyl (C=O) groups excluding carboxylic acids is 1. The van der Waals surface area contributed by atoms with Crippen molar-refractivity contribution in [3.63, 3.8) is 0 Å². The molecule has 0 aliphatic carbocycles. The molecule has 0 atom stereocenters. The van der Waals surface area contributed by atoms with E-state index in [1.807, 2.05) is 6.92 Å². The lowest BCUT2D eigenvalue weighted by Gasteiger charge is -2.05. The van der Waals surface area contributed by atoms with Crippen LogP contribution in [0.4, 0.5) is 5.82 Å². The number of halogens is 2. The molecule has 0 aromatic carbocycles. The minimum Gasteiger partial charge on any atom is -0.305 e. The van der Waals surface area contributed by atoms with Crippen molar-refractivity contribution in [3.8, 4) is 0 Å². The maximum atomic E-state index is 12.0. The summed E-state index contributed by atoms with van der Waals surface area (Å²) in [5.74, 6) is -0.00370. The number of rotatable bonds is 3. The van der Waals surface area contributed by atoms with Gasteiger partial charge < -0.3 is 5.32 Å². The third kappa shape index (κ3) is 3.62. The first-order chi connectivity index (χ1) is 9.08. The van der Waals surface area contributed by atoms with Crippen LogP contribution in [0, 0.1) is 0 Å². The van der Waals surface area contributed by atoms with E-state index in [9.17, 15) is 4.79 Å². The number of amides is 1. The van der Waals surface area contributed by atoms with Gasteiger partial charge in [-0.3, -0.25) is 4.79 Å². The summed E-state index contributed by atoms with van der Waals surface area (Å²) in [4.78, 5) is 16.1. The van der Waals surface area contributed by atoms with Crippen molar-refractivity contribution in [2.45, 2.75) is 13.3 Å². The van der Waals surface area contributed by atoms with Gasteiger partial charge in [-0.25, -0.2) is 4.98 Å². The topological polar surface area (TPSA) is 67.8 Å². The average Bonchev–Trinajstić information content (AvgIpc) is 2.40. The molecule has 0 saturated carbocycles. The second kappa shape index (κ2) is 5.95. The molecular weight excluding hydrogens is 287 g/mol. The van der Waals surface area contributed by atoms with Crippen LogP contribution in [0.5, 0.6) is 0 Å². The van der Waals surface area contributed by atoms with Crippen LogP contribution in [0.25, 0.3) is 0 Å². The Morgan fingerprint density at radius 2 is 2.00 bits per heavy atom. The molecule has 5 nitrogen and oxygen atoms in total. The molecule has 2 aromatic rings. The van der Waals surface area contributed by atoms with Gasteiger partial charge in [0.2, 0.25) is 0 Å². The SMILES string of the molecule is CCc1cc(C(=O)Nc2ccc(Cl)nn2)cc(Cl)n1. The molecule has 0 saturated heterocycles. The largest absolute Gasteiger partial charge is 0.305 e. The molecule has 2 rings (SSSR count). The fourth-order valence-electron chi connectivity index (χ4n) is 1.43. The smallest absolute Gasteiger partial charge is 0.257 e. The molecule has 1 N–H and O–H groups in total. The molecule has 0 radical (unpaired) electrons. The molecule has 2 aromatic heterocycles. The molecule has 2 heterocycles. The van der Waals surface area contributed by atoms with Crippen LogP contribution in [0.3, 0.4) is 0 Å². The van der Waals surface area contributed by atoms with Gasteiger partial charge in [-0.2, -0.15) is 0 Å². The lowest BCUT2D eigenvalue weighted by Crippen LogP contribution is -2.14. The number of nitrogens with zero attached hydrogens (tertiary/aromatic N) is 3. The number of aryl methyl sites for hydroxylation is 1. The minimum atomic E-state index is -0.323. The Labute approximate surface area is 120 Å². The predicted octanol–water partition coefficient (Wildman–Crippen LogP) is 2.99. The molecule has 0 aliphatic rings. The lowest BCUT2D eigenvalue weighted by molar-refractivity contribution is 0.102. The molecule has 0 unspecified atom stereocenters. The van der Waals surface area contributed by atoms with Crippen molar-refractivity contribution >= 4 is 34.9 Å². The second-order valence-electron chi connectivity index (χ2n) is 3.72. The highest BCUT2D eigenvalue weighted by Crippen LogP contribution is 2.13. The molecule has 1 amide bonds. The van der Waals surface area contributed by atoms with Gasteiger partial charge in [0, 0.05) is 11.3 Å². The summed E-state index contributed by atoms with van der Waals surface area (Å²) < 4.78 is 0. The van der Waals surface area contributed by atoms with Crippen molar-refractivity contribution in [1.29, 1.82) is 0 Å². The lowest BCUT2D eigenvalue weighted by atomic mass is 10.2. The van der Waals surface area contributed by atoms with E-state index in [1.165, 1.54) is 6.07 Å². The van der Waals surface area contributed by atoms with Gasteiger partial charge >= 0.3 is 0 Å². The van der Waals surface area contributed by atoms with Crippen molar-refractivity contribution in [2.75, 3.05) is 5.32 Å². The normalized spacial score (nSPS) is 10.3. The Bertz CT molecular complexity index is 601. The van der Waals surface area contributed by atoms with Crippen molar-refractivity contribution in [2.24, 2.45) is 0 Å². The van der Waals surface area contributed by atoms with E-state index < -0.39 is 0 Å². The van der Waals surface area contributed by atoms with E-state index in [4.69, 9.17) is 23.2 Å². The van der Waals surface area contributed by atoms with Crippen LogP contribution in [0.1, 0.15) is 23.0 Å². The summed E-state index contributed by atoms with van der Waals surface area (Å²) in [5, 5.41) is 10.5. The highest BCUT2D eigenvalue weighted by molar-refractivity contribution is 6.30. The van der Waals surface area contributed by atoms with Crippen molar-refractivity contribution in [3.05, 3.63) is 45.8 Å². The Hall–Kier alpha value is -1.72. The first-order valence-electron chi connectivity index (χ1n) is 5.55. The van der Waals surface area contributed by atoms with Gasteiger partial charge in [0.25, 0.3) is 5.91 Å². The van der Waals surface area contributed by atoms with Crippen molar-refractivity contribution in [1.82, 2.24) is 15.2 Å². The highest BCUT2D eigenvalue weighted by atomic mass is 35.5. The Balaban J connectivity index is 2.20. The first-order valence-corrected chi connectivity index (χ1v) is 6.31. The molecule has 0 fully saturated rings. The number of pyridine rings is 1. The number of aromatic nitrogens is 3. The minimum absolute atomic E-state index is 0.262. The van der Waals surface area contributed by atoms with Gasteiger partial charge in [-0.05, 0) is 30.7 Å². The molecule has 0 spiro atoms.